The molecule has 0 radical (unpaired) electrons. The summed E-state index contributed by atoms with van der Waals surface area (Å²) < 4.78 is 0. The monoisotopic (exact) mass is 342 g/mol. The third-order valence-electron chi connectivity index (χ3n) is 3.91. The van der Waals surface area contributed by atoms with Gasteiger partial charge in [0, 0.05) is 11.4 Å². The van der Waals surface area contributed by atoms with Gasteiger partial charge >= 0.3 is 0 Å². The number of carbonyl (C=O) groups is 1. The lowest BCUT2D eigenvalue weighted by Crippen LogP contribution is -2.37. The number of nitrogens with two attached hydrogens (primary N) is 1. The lowest BCUT2D eigenvalue weighted by Gasteiger charge is -2.16. The number of rotatable bonds is 7. The summed E-state index contributed by atoms with van der Waals surface area (Å²) >= 11 is 1.90. The molecule has 2 rings (SSSR count). The van der Waals surface area contributed by atoms with E-state index in [0.717, 1.165) is 22.6 Å². The minimum absolute atomic E-state index is 0.143. The molecule has 2 aromatic carbocycles. The van der Waals surface area contributed by atoms with Crippen LogP contribution < -0.4 is 11.1 Å². The van der Waals surface area contributed by atoms with Crippen LogP contribution in [-0.4, -0.2) is 17.2 Å². The maximum Gasteiger partial charge on any atom is 0.241 e. The fourth-order valence-electron chi connectivity index (χ4n) is 2.42. The van der Waals surface area contributed by atoms with Crippen molar-refractivity contribution in [1.29, 1.82) is 0 Å². The SMILES string of the molecule is Cc1c(CSC(C)C)cccc1NC(=O)[C@@H](N)Cc1ccccc1. The highest BCUT2D eigenvalue weighted by atomic mass is 32.2. The molecule has 4 heteroatoms. The van der Waals surface area contributed by atoms with Gasteiger partial charge in [-0.15, -0.1) is 0 Å². The second-order valence-corrected chi connectivity index (χ2v) is 7.80. The number of carbonyl (C=O) groups excluding carboxylic acids is 1. The molecule has 0 aliphatic heterocycles. The summed E-state index contributed by atoms with van der Waals surface area (Å²) in [7, 11) is 0. The Morgan fingerprint density at radius 1 is 1.12 bits per heavy atom. The van der Waals surface area contributed by atoms with Gasteiger partial charge in [0.25, 0.3) is 0 Å². The van der Waals surface area contributed by atoms with Gasteiger partial charge in [0.15, 0.2) is 0 Å². The first-order valence-electron chi connectivity index (χ1n) is 8.28. The molecule has 3 nitrogen and oxygen atoms in total. The Bertz CT molecular complexity index is 671. The third kappa shape index (κ3) is 5.39. The zero-order chi connectivity index (χ0) is 17.5. The molecule has 0 aliphatic rings. The summed E-state index contributed by atoms with van der Waals surface area (Å²) in [6.45, 7) is 6.43. The highest BCUT2D eigenvalue weighted by molar-refractivity contribution is 7.99. The van der Waals surface area contributed by atoms with Gasteiger partial charge in [-0.05, 0) is 41.4 Å². The molecule has 128 valence electrons. The fourth-order valence-corrected chi connectivity index (χ4v) is 3.24. The molecule has 0 fully saturated rings. The first-order chi connectivity index (χ1) is 11.5. The van der Waals surface area contributed by atoms with Crippen LogP contribution in [0.4, 0.5) is 5.69 Å². The molecule has 0 aromatic heterocycles. The third-order valence-corrected chi connectivity index (χ3v) is 5.06. The molecule has 1 amide bonds. The van der Waals surface area contributed by atoms with E-state index in [4.69, 9.17) is 5.73 Å². The number of anilines is 1. The Balaban J connectivity index is 2.01. The zero-order valence-electron chi connectivity index (χ0n) is 14.6. The molecule has 0 saturated carbocycles. The van der Waals surface area contributed by atoms with Crippen LogP contribution in [0.15, 0.2) is 48.5 Å². The van der Waals surface area contributed by atoms with E-state index in [-0.39, 0.29) is 5.91 Å². The Kier molecular flexibility index (Phi) is 6.88. The van der Waals surface area contributed by atoms with Crippen molar-refractivity contribution in [3.8, 4) is 0 Å². The van der Waals surface area contributed by atoms with Crippen LogP contribution in [0.3, 0.4) is 0 Å². The van der Waals surface area contributed by atoms with Crippen molar-refractivity contribution in [3.63, 3.8) is 0 Å². The molecule has 0 bridgehead atoms. The average molecular weight is 343 g/mol. The summed E-state index contributed by atoms with van der Waals surface area (Å²) in [5, 5.41) is 3.57. The number of amides is 1. The van der Waals surface area contributed by atoms with Crippen molar-refractivity contribution in [3.05, 3.63) is 65.2 Å². The van der Waals surface area contributed by atoms with E-state index < -0.39 is 6.04 Å². The lowest BCUT2D eigenvalue weighted by atomic mass is 10.0. The van der Waals surface area contributed by atoms with Crippen LogP contribution in [-0.2, 0) is 17.0 Å². The Morgan fingerprint density at radius 3 is 2.50 bits per heavy atom. The van der Waals surface area contributed by atoms with Gasteiger partial charge in [0.1, 0.15) is 0 Å². The number of thioether (sulfide) groups is 1. The predicted octanol–water partition coefficient (Wildman–Crippen LogP) is 4.15. The maximum absolute atomic E-state index is 12.4. The summed E-state index contributed by atoms with van der Waals surface area (Å²) in [5.74, 6) is 0.805. The predicted molar refractivity (Wildman–Crippen MR) is 104 cm³/mol. The van der Waals surface area contributed by atoms with Gasteiger partial charge in [-0.1, -0.05) is 56.3 Å². The minimum Gasteiger partial charge on any atom is -0.324 e. The zero-order valence-corrected chi connectivity index (χ0v) is 15.4. The molecule has 2 aromatic rings. The second-order valence-electron chi connectivity index (χ2n) is 6.23. The van der Waals surface area contributed by atoms with Gasteiger partial charge < -0.3 is 11.1 Å². The molecule has 3 N–H and O–H groups in total. The highest BCUT2D eigenvalue weighted by Crippen LogP contribution is 2.25. The first kappa shape index (κ1) is 18.6. The standard InChI is InChI=1S/C20H26N2OS/c1-14(2)24-13-17-10-7-11-19(15(17)3)22-20(23)18(21)12-16-8-5-4-6-9-16/h4-11,14,18H,12-13,21H2,1-3H3,(H,22,23)/t18-/m0/s1. The smallest absolute Gasteiger partial charge is 0.241 e. The Hall–Kier alpha value is -1.78. The van der Waals surface area contributed by atoms with E-state index in [0.29, 0.717) is 11.7 Å². The summed E-state index contributed by atoms with van der Waals surface area (Å²) in [5.41, 5.74) is 10.4. The molecule has 24 heavy (non-hydrogen) atoms. The molecular weight excluding hydrogens is 316 g/mol. The number of benzene rings is 2. The number of nitrogens with one attached hydrogen (secondary N) is 1. The van der Waals surface area contributed by atoms with E-state index in [1.165, 1.54) is 5.56 Å². The lowest BCUT2D eigenvalue weighted by molar-refractivity contribution is -0.117. The Labute approximate surface area is 149 Å². The van der Waals surface area contributed by atoms with E-state index in [9.17, 15) is 4.79 Å². The van der Waals surface area contributed by atoms with Gasteiger partial charge in [-0.3, -0.25) is 4.79 Å². The number of hydrogen-bond donors (Lipinski definition) is 2. The minimum atomic E-state index is -0.555. The van der Waals surface area contributed by atoms with Crippen LogP contribution in [0.2, 0.25) is 0 Å². The van der Waals surface area contributed by atoms with Gasteiger partial charge in [-0.25, -0.2) is 0 Å². The molecule has 1 atom stereocenters. The van der Waals surface area contributed by atoms with Crippen molar-refractivity contribution in [2.24, 2.45) is 5.73 Å². The van der Waals surface area contributed by atoms with E-state index >= 15 is 0 Å². The maximum atomic E-state index is 12.4. The topological polar surface area (TPSA) is 55.1 Å². The van der Waals surface area contributed by atoms with Crippen LogP contribution >= 0.6 is 11.8 Å². The first-order valence-corrected chi connectivity index (χ1v) is 9.32. The molecular formula is C20H26N2OS. The van der Waals surface area contributed by atoms with Crippen LogP contribution in [0.25, 0.3) is 0 Å². The average Bonchev–Trinajstić information content (AvgIpc) is 2.56. The quantitative estimate of drug-likeness (QED) is 0.795. The summed E-state index contributed by atoms with van der Waals surface area (Å²) in [6.07, 6.45) is 0.536. The second kappa shape index (κ2) is 8.90. The fraction of sp³-hybridized carbons (Fsp3) is 0.350. The van der Waals surface area contributed by atoms with Crippen molar-refractivity contribution < 1.29 is 4.79 Å². The Morgan fingerprint density at radius 2 is 1.83 bits per heavy atom. The van der Waals surface area contributed by atoms with Crippen molar-refractivity contribution in [2.75, 3.05) is 5.32 Å². The van der Waals surface area contributed by atoms with Crippen LogP contribution in [0, 0.1) is 6.92 Å². The van der Waals surface area contributed by atoms with Gasteiger partial charge in [0.2, 0.25) is 5.91 Å². The van der Waals surface area contributed by atoms with Gasteiger partial charge in [0.05, 0.1) is 6.04 Å². The van der Waals surface area contributed by atoms with Gasteiger partial charge in [-0.2, -0.15) is 11.8 Å². The summed E-state index contributed by atoms with van der Waals surface area (Å²) in [4.78, 5) is 12.4. The number of hydrogen-bond acceptors (Lipinski definition) is 3. The largest absolute Gasteiger partial charge is 0.324 e. The van der Waals surface area contributed by atoms with E-state index in [2.05, 4.69) is 32.2 Å². The van der Waals surface area contributed by atoms with Crippen LogP contribution in [0.5, 0.6) is 0 Å². The molecule has 0 spiro atoms. The van der Waals surface area contributed by atoms with E-state index in [1.807, 2.05) is 54.2 Å². The molecule has 0 saturated heterocycles. The highest BCUT2D eigenvalue weighted by Gasteiger charge is 2.15. The van der Waals surface area contributed by atoms with Crippen molar-refractivity contribution in [2.45, 2.75) is 44.2 Å². The molecule has 0 aliphatic carbocycles. The normalized spacial score (nSPS) is 12.2. The van der Waals surface area contributed by atoms with Crippen molar-refractivity contribution >= 4 is 23.4 Å². The summed E-state index contributed by atoms with van der Waals surface area (Å²) in [6, 6.07) is 15.3. The van der Waals surface area contributed by atoms with Crippen molar-refractivity contribution in [1.82, 2.24) is 0 Å². The molecule has 0 heterocycles. The molecule has 0 unspecified atom stereocenters. The van der Waals surface area contributed by atoms with E-state index in [1.54, 1.807) is 0 Å². The van der Waals surface area contributed by atoms with Crippen LogP contribution in [0.1, 0.15) is 30.5 Å².